The summed E-state index contributed by atoms with van der Waals surface area (Å²) in [5, 5.41) is 17.8. The molecular formula is C24H21N5OS2. The molecule has 0 spiro atoms. The summed E-state index contributed by atoms with van der Waals surface area (Å²) in [6.45, 7) is 0.558. The fourth-order valence-corrected chi connectivity index (χ4v) is 4.78. The molecule has 0 bridgehead atoms. The topological polar surface area (TPSA) is 65.7 Å². The molecule has 0 atom stereocenters. The van der Waals surface area contributed by atoms with Crippen LogP contribution in [0, 0.1) is 11.8 Å². The number of nitrogens with zero attached hydrogens (tertiary/aromatic N) is 5. The van der Waals surface area contributed by atoms with Crippen LogP contribution >= 0.6 is 22.7 Å². The number of hydrogen-bond acceptors (Lipinski definition) is 7. The minimum Gasteiger partial charge on any atom is -0.497 e. The van der Waals surface area contributed by atoms with Crippen LogP contribution in [0.25, 0.3) is 12.2 Å². The molecule has 0 aliphatic heterocycles. The Morgan fingerprint density at radius 3 is 2.78 bits per heavy atom. The van der Waals surface area contributed by atoms with Gasteiger partial charge in [0.25, 0.3) is 0 Å². The van der Waals surface area contributed by atoms with Crippen molar-refractivity contribution in [3.63, 3.8) is 0 Å². The number of hydrogen-bond donors (Lipinski definition) is 0. The van der Waals surface area contributed by atoms with Crippen LogP contribution in [-0.2, 0) is 6.54 Å². The summed E-state index contributed by atoms with van der Waals surface area (Å²) in [6, 6.07) is 9.90. The molecule has 0 N–H and O–H groups in total. The Kier molecular flexibility index (Phi) is 6.10. The highest BCUT2D eigenvalue weighted by molar-refractivity contribution is 7.11. The standard InChI is InChI=1S/C24H21N5OS2/c1-30-20-8-5-17(6-9-20)14-29-27-23(26-28-29)11-10-21-13-18(15-31-21)7-12-24-25-22(16-32-24)19-3-2-4-19/h5-6,8-11,13,15-16,19H,2-4,14H2,1H3/b11-10+. The normalized spacial score (nSPS) is 13.7. The summed E-state index contributed by atoms with van der Waals surface area (Å²) in [6.07, 6.45) is 7.71. The van der Waals surface area contributed by atoms with Gasteiger partial charge in [-0.2, -0.15) is 4.80 Å². The van der Waals surface area contributed by atoms with E-state index in [9.17, 15) is 0 Å². The maximum absolute atomic E-state index is 5.18. The van der Waals surface area contributed by atoms with E-state index in [0.717, 1.165) is 26.8 Å². The second kappa shape index (κ2) is 9.47. The number of ether oxygens (including phenoxy) is 1. The molecule has 0 unspecified atom stereocenters. The molecule has 0 radical (unpaired) electrons. The van der Waals surface area contributed by atoms with E-state index in [2.05, 4.69) is 49.1 Å². The molecule has 32 heavy (non-hydrogen) atoms. The molecule has 3 heterocycles. The zero-order chi connectivity index (χ0) is 21.8. The van der Waals surface area contributed by atoms with E-state index in [4.69, 9.17) is 4.74 Å². The number of thiophene rings is 1. The van der Waals surface area contributed by atoms with Crippen molar-refractivity contribution in [2.45, 2.75) is 31.7 Å². The van der Waals surface area contributed by atoms with Gasteiger partial charge < -0.3 is 4.74 Å². The number of rotatable bonds is 6. The number of methoxy groups -OCH3 is 1. The van der Waals surface area contributed by atoms with Gasteiger partial charge in [-0.05, 0) is 59.9 Å². The van der Waals surface area contributed by atoms with Crippen LogP contribution in [0.2, 0.25) is 0 Å². The van der Waals surface area contributed by atoms with Crippen molar-refractivity contribution in [2.75, 3.05) is 7.11 Å². The van der Waals surface area contributed by atoms with Crippen LogP contribution in [-0.4, -0.2) is 32.3 Å². The SMILES string of the molecule is COc1ccc(Cn2nnc(/C=C/c3cc(C#Cc4nc(C5CCC5)cs4)cs3)n2)cc1. The van der Waals surface area contributed by atoms with Gasteiger partial charge in [-0.3, -0.25) is 0 Å². The van der Waals surface area contributed by atoms with Crippen molar-refractivity contribution >= 4 is 34.8 Å². The maximum Gasteiger partial charge on any atom is 0.197 e. The summed E-state index contributed by atoms with van der Waals surface area (Å²) in [7, 11) is 1.65. The van der Waals surface area contributed by atoms with Crippen molar-refractivity contribution in [1.82, 2.24) is 25.2 Å². The van der Waals surface area contributed by atoms with Gasteiger partial charge >= 0.3 is 0 Å². The van der Waals surface area contributed by atoms with Gasteiger partial charge in [0.2, 0.25) is 0 Å². The third-order valence-electron chi connectivity index (χ3n) is 5.33. The van der Waals surface area contributed by atoms with Crippen LogP contribution in [0.1, 0.15) is 57.7 Å². The Hall–Kier alpha value is -3.28. The van der Waals surface area contributed by atoms with E-state index in [-0.39, 0.29) is 0 Å². The molecule has 1 aromatic carbocycles. The van der Waals surface area contributed by atoms with Crippen LogP contribution in [0.4, 0.5) is 0 Å². The lowest BCUT2D eigenvalue weighted by Crippen LogP contribution is -2.08. The maximum atomic E-state index is 5.18. The molecule has 4 aromatic rings. The summed E-state index contributed by atoms with van der Waals surface area (Å²) in [5.41, 5.74) is 3.29. The molecule has 3 aromatic heterocycles. The Bertz CT molecular complexity index is 1290. The number of benzene rings is 1. The molecule has 6 nitrogen and oxygen atoms in total. The smallest absolute Gasteiger partial charge is 0.197 e. The molecule has 1 aliphatic carbocycles. The fourth-order valence-electron chi connectivity index (χ4n) is 3.31. The molecule has 0 amide bonds. The van der Waals surface area contributed by atoms with Gasteiger partial charge in [0.1, 0.15) is 5.75 Å². The minimum absolute atomic E-state index is 0.558. The Labute approximate surface area is 194 Å². The fraction of sp³-hybridized carbons (Fsp3) is 0.250. The molecule has 5 rings (SSSR count). The van der Waals surface area contributed by atoms with E-state index >= 15 is 0 Å². The summed E-state index contributed by atoms with van der Waals surface area (Å²) in [5.74, 6) is 8.48. The largest absolute Gasteiger partial charge is 0.497 e. The minimum atomic E-state index is 0.558. The molecule has 160 valence electrons. The first-order valence-electron chi connectivity index (χ1n) is 10.4. The van der Waals surface area contributed by atoms with Gasteiger partial charge in [-0.25, -0.2) is 4.98 Å². The van der Waals surface area contributed by atoms with Crippen molar-refractivity contribution in [1.29, 1.82) is 0 Å². The highest BCUT2D eigenvalue weighted by Gasteiger charge is 2.21. The lowest BCUT2D eigenvalue weighted by molar-refractivity contribution is 0.412. The van der Waals surface area contributed by atoms with Crippen molar-refractivity contribution < 1.29 is 4.74 Å². The number of tetrazole rings is 1. The van der Waals surface area contributed by atoms with Crippen LogP contribution < -0.4 is 4.74 Å². The van der Waals surface area contributed by atoms with Gasteiger partial charge in [-0.1, -0.05) is 24.5 Å². The quantitative estimate of drug-likeness (QED) is 0.376. The molecular weight excluding hydrogens is 438 g/mol. The zero-order valence-electron chi connectivity index (χ0n) is 17.6. The molecule has 0 saturated heterocycles. The van der Waals surface area contributed by atoms with Gasteiger partial charge in [0, 0.05) is 27.1 Å². The zero-order valence-corrected chi connectivity index (χ0v) is 19.2. The van der Waals surface area contributed by atoms with Crippen molar-refractivity contribution in [2.24, 2.45) is 0 Å². The Morgan fingerprint density at radius 2 is 2.00 bits per heavy atom. The van der Waals surface area contributed by atoms with E-state index < -0.39 is 0 Å². The lowest BCUT2D eigenvalue weighted by atomic mass is 9.83. The van der Waals surface area contributed by atoms with E-state index in [1.807, 2.05) is 36.4 Å². The van der Waals surface area contributed by atoms with E-state index in [1.165, 1.54) is 25.0 Å². The molecule has 1 saturated carbocycles. The predicted octanol–water partition coefficient (Wildman–Crippen LogP) is 5.09. The monoisotopic (exact) mass is 459 g/mol. The van der Waals surface area contributed by atoms with Crippen LogP contribution in [0.15, 0.2) is 41.1 Å². The highest BCUT2D eigenvalue weighted by atomic mass is 32.1. The molecule has 1 fully saturated rings. The first-order chi connectivity index (χ1) is 15.7. The Balaban J connectivity index is 1.19. The summed E-state index contributed by atoms with van der Waals surface area (Å²) < 4.78 is 5.18. The van der Waals surface area contributed by atoms with E-state index in [1.54, 1.807) is 34.6 Å². The van der Waals surface area contributed by atoms with Gasteiger partial charge in [0.15, 0.2) is 10.8 Å². The average molecular weight is 460 g/mol. The molecule has 1 aliphatic rings. The van der Waals surface area contributed by atoms with Crippen molar-refractivity contribution in [3.8, 4) is 17.6 Å². The van der Waals surface area contributed by atoms with Gasteiger partial charge in [-0.15, -0.1) is 32.9 Å². The second-order valence-corrected chi connectivity index (χ2v) is 9.35. The van der Waals surface area contributed by atoms with Gasteiger partial charge in [0.05, 0.1) is 19.3 Å². The first kappa shape index (κ1) is 20.6. The van der Waals surface area contributed by atoms with Crippen LogP contribution in [0.3, 0.4) is 0 Å². The lowest BCUT2D eigenvalue weighted by Gasteiger charge is -2.22. The number of aromatic nitrogens is 5. The predicted molar refractivity (Wildman–Crippen MR) is 128 cm³/mol. The third-order valence-corrected chi connectivity index (χ3v) is 7.00. The molecule has 8 heteroatoms. The highest BCUT2D eigenvalue weighted by Crippen LogP contribution is 2.36. The van der Waals surface area contributed by atoms with Crippen LogP contribution in [0.5, 0.6) is 5.75 Å². The van der Waals surface area contributed by atoms with Crippen molar-refractivity contribution in [3.05, 3.63) is 73.6 Å². The first-order valence-corrected chi connectivity index (χ1v) is 12.2. The third kappa shape index (κ3) is 4.96. The average Bonchev–Trinajstić information content (AvgIpc) is 3.52. The number of thiazole rings is 1. The summed E-state index contributed by atoms with van der Waals surface area (Å²) >= 11 is 3.28. The van der Waals surface area contributed by atoms with E-state index in [0.29, 0.717) is 18.3 Å². The summed E-state index contributed by atoms with van der Waals surface area (Å²) in [4.78, 5) is 7.35. The second-order valence-electron chi connectivity index (χ2n) is 7.55. The Morgan fingerprint density at radius 1 is 1.12 bits per heavy atom.